The lowest BCUT2D eigenvalue weighted by Gasteiger charge is -2.18. The number of halogens is 1. The van der Waals surface area contributed by atoms with E-state index in [4.69, 9.17) is 9.97 Å². The number of H-pyrrole nitrogens is 1. The number of pyridine rings is 1. The van der Waals surface area contributed by atoms with Crippen LogP contribution in [0.5, 0.6) is 0 Å². The normalized spacial score (nSPS) is 14.8. The molecule has 1 aliphatic rings. The first-order chi connectivity index (χ1) is 14.2. The van der Waals surface area contributed by atoms with E-state index < -0.39 is 0 Å². The Hall–Kier alpha value is -3.39. The van der Waals surface area contributed by atoms with Crippen LogP contribution in [0.15, 0.2) is 48.7 Å². The predicted octanol–water partition coefficient (Wildman–Crippen LogP) is 3.78. The van der Waals surface area contributed by atoms with Crippen LogP contribution in [0.3, 0.4) is 0 Å². The third-order valence-corrected chi connectivity index (χ3v) is 4.86. The van der Waals surface area contributed by atoms with Crippen molar-refractivity contribution in [1.82, 2.24) is 30.5 Å². The fraction of sp³-hybridized carbons (Fsp3) is 0.238. The summed E-state index contributed by atoms with van der Waals surface area (Å²) >= 11 is 0. The van der Waals surface area contributed by atoms with E-state index in [1.165, 1.54) is 12.3 Å². The van der Waals surface area contributed by atoms with Gasteiger partial charge in [-0.25, -0.2) is 14.4 Å². The summed E-state index contributed by atoms with van der Waals surface area (Å²) in [6.07, 6.45) is 3.43. The third-order valence-electron chi connectivity index (χ3n) is 4.86. The van der Waals surface area contributed by atoms with Crippen LogP contribution in [0.1, 0.15) is 36.1 Å². The first-order valence-corrected chi connectivity index (χ1v) is 9.59. The lowest BCUT2D eigenvalue weighted by Crippen LogP contribution is -2.27. The Balaban J connectivity index is 1.60. The van der Waals surface area contributed by atoms with Crippen molar-refractivity contribution < 1.29 is 4.39 Å². The molecule has 0 unspecified atom stereocenters. The smallest absolute Gasteiger partial charge is 0.154 e. The maximum Gasteiger partial charge on any atom is 0.154 e. The Bertz CT molecular complexity index is 1150. The third kappa shape index (κ3) is 3.79. The van der Waals surface area contributed by atoms with Crippen molar-refractivity contribution in [2.24, 2.45) is 0 Å². The van der Waals surface area contributed by atoms with E-state index in [0.717, 1.165) is 29.4 Å². The van der Waals surface area contributed by atoms with Gasteiger partial charge in [-0.1, -0.05) is 12.1 Å². The number of aromatic nitrogens is 5. The second-order valence-electron chi connectivity index (χ2n) is 7.28. The van der Waals surface area contributed by atoms with Gasteiger partial charge in [0.15, 0.2) is 11.6 Å². The number of aromatic amines is 1. The van der Waals surface area contributed by atoms with E-state index >= 15 is 0 Å². The van der Waals surface area contributed by atoms with Gasteiger partial charge in [0.05, 0.1) is 17.4 Å². The van der Waals surface area contributed by atoms with Gasteiger partial charge in [0.25, 0.3) is 0 Å². The quantitative estimate of drug-likeness (QED) is 0.465. The summed E-state index contributed by atoms with van der Waals surface area (Å²) in [7, 11) is 0. The van der Waals surface area contributed by atoms with Gasteiger partial charge in [0.2, 0.25) is 0 Å². The maximum atomic E-state index is 13.4. The molecular formula is C21H20FN7. The number of hydrogen-bond acceptors (Lipinski definition) is 6. The molecule has 0 aliphatic heterocycles. The topological polar surface area (TPSA) is 91.4 Å². The number of fused-ring (bicyclic) bond motifs is 1. The molecule has 4 aromatic rings. The fourth-order valence-electron chi connectivity index (χ4n) is 3.26. The minimum Gasteiger partial charge on any atom is -0.323 e. The Kier molecular flexibility index (Phi) is 4.40. The molecule has 0 amide bonds. The lowest BCUT2D eigenvalue weighted by atomic mass is 10.1. The zero-order chi connectivity index (χ0) is 19.8. The molecule has 5 rings (SSSR count). The van der Waals surface area contributed by atoms with Gasteiger partial charge in [0, 0.05) is 23.2 Å². The van der Waals surface area contributed by atoms with Gasteiger partial charge in [-0.2, -0.15) is 5.10 Å². The van der Waals surface area contributed by atoms with Crippen LogP contribution >= 0.6 is 0 Å². The summed E-state index contributed by atoms with van der Waals surface area (Å²) in [5, 5.41) is 14.9. The number of hydrogen-bond donors (Lipinski definition) is 3. The maximum absolute atomic E-state index is 13.4. The van der Waals surface area contributed by atoms with E-state index in [2.05, 4.69) is 25.8 Å². The summed E-state index contributed by atoms with van der Waals surface area (Å²) in [5.41, 5.74) is 2.46. The Morgan fingerprint density at radius 1 is 1.14 bits per heavy atom. The Morgan fingerprint density at radius 2 is 2.00 bits per heavy atom. The van der Waals surface area contributed by atoms with Gasteiger partial charge in [0.1, 0.15) is 17.7 Å². The van der Waals surface area contributed by atoms with Crippen molar-refractivity contribution in [3.63, 3.8) is 0 Å². The van der Waals surface area contributed by atoms with Crippen LogP contribution in [-0.2, 0) is 0 Å². The summed E-state index contributed by atoms with van der Waals surface area (Å²) < 4.78 is 13.4. The highest BCUT2D eigenvalue weighted by Crippen LogP contribution is 2.30. The van der Waals surface area contributed by atoms with Crippen molar-refractivity contribution in [2.75, 3.05) is 5.32 Å². The highest BCUT2D eigenvalue weighted by molar-refractivity contribution is 5.90. The molecular weight excluding hydrogens is 369 g/mol. The molecule has 146 valence electrons. The molecule has 3 heterocycles. The molecule has 3 N–H and O–H groups in total. The first kappa shape index (κ1) is 17.7. The van der Waals surface area contributed by atoms with Crippen molar-refractivity contribution in [2.45, 2.75) is 31.8 Å². The minimum absolute atomic E-state index is 0.325. The zero-order valence-electron chi connectivity index (χ0n) is 15.9. The van der Waals surface area contributed by atoms with Gasteiger partial charge >= 0.3 is 0 Å². The molecule has 1 saturated carbocycles. The Morgan fingerprint density at radius 3 is 2.72 bits per heavy atom. The monoisotopic (exact) mass is 389 g/mol. The van der Waals surface area contributed by atoms with Gasteiger partial charge in [-0.15, -0.1) is 0 Å². The van der Waals surface area contributed by atoms with Gasteiger partial charge in [-0.3, -0.25) is 15.4 Å². The molecule has 0 radical (unpaired) electrons. The van der Waals surface area contributed by atoms with Crippen LogP contribution in [0.4, 0.5) is 16.0 Å². The second-order valence-corrected chi connectivity index (χ2v) is 7.28. The number of anilines is 2. The van der Waals surface area contributed by atoms with Crippen molar-refractivity contribution in [3.05, 3.63) is 71.7 Å². The zero-order valence-corrected chi connectivity index (χ0v) is 15.9. The molecule has 3 aromatic heterocycles. The van der Waals surface area contributed by atoms with E-state index in [1.54, 1.807) is 6.07 Å². The number of para-hydroxylation sites is 1. The van der Waals surface area contributed by atoms with Gasteiger partial charge < -0.3 is 5.32 Å². The molecule has 7 nitrogen and oxygen atoms in total. The second kappa shape index (κ2) is 7.21. The van der Waals surface area contributed by atoms with Gasteiger partial charge in [-0.05, 0) is 44.0 Å². The molecule has 8 heteroatoms. The van der Waals surface area contributed by atoms with Crippen LogP contribution in [0.2, 0.25) is 0 Å². The molecule has 29 heavy (non-hydrogen) atoms. The van der Waals surface area contributed by atoms with E-state index in [-0.39, 0.29) is 11.9 Å². The average Bonchev–Trinajstić information content (AvgIpc) is 3.46. The van der Waals surface area contributed by atoms with E-state index in [1.807, 2.05) is 37.3 Å². The van der Waals surface area contributed by atoms with Crippen LogP contribution in [0.25, 0.3) is 10.9 Å². The number of aryl methyl sites for hydroxylation is 1. The standard InChI is InChI=1S/C21H20FN7/c1-12-10-18(29-28-12)26-20-15-4-2-3-5-16(15)25-21(27-20)19(24-14-7-8-14)17-9-6-13(22)11-23-17/h2-6,9-11,14,19,24H,7-8H2,1H3,(H2,25,26,27,28,29)/t19-/m1/s1. The minimum atomic E-state index is -0.366. The predicted molar refractivity (Wildman–Crippen MR) is 108 cm³/mol. The number of nitrogens with zero attached hydrogens (tertiary/aromatic N) is 4. The summed E-state index contributed by atoms with van der Waals surface area (Å²) in [5.74, 6) is 1.57. The SMILES string of the molecule is Cc1cc(Nc2nc([C@H](NC3CC3)c3ccc(F)cn3)nc3ccccc23)n[nH]1. The van der Waals surface area contributed by atoms with Crippen LogP contribution in [-0.4, -0.2) is 31.2 Å². The number of nitrogens with one attached hydrogen (secondary N) is 3. The van der Waals surface area contributed by atoms with E-state index in [9.17, 15) is 4.39 Å². The molecule has 1 atom stereocenters. The largest absolute Gasteiger partial charge is 0.323 e. The molecule has 0 saturated heterocycles. The number of benzene rings is 1. The molecule has 0 bridgehead atoms. The highest BCUT2D eigenvalue weighted by Gasteiger charge is 2.29. The molecule has 1 fully saturated rings. The lowest BCUT2D eigenvalue weighted by molar-refractivity contribution is 0.556. The summed E-state index contributed by atoms with van der Waals surface area (Å²) in [6, 6.07) is 12.9. The van der Waals surface area contributed by atoms with Crippen molar-refractivity contribution in [1.29, 1.82) is 0 Å². The molecule has 0 spiro atoms. The van der Waals surface area contributed by atoms with Crippen molar-refractivity contribution >= 4 is 22.5 Å². The number of rotatable bonds is 6. The molecule has 1 aromatic carbocycles. The molecule has 1 aliphatic carbocycles. The average molecular weight is 389 g/mol. The summed E-state index contributed by atoms with van der Waals surface area (Å²) in [6.45, 7) is 1.94. The first-order valence-electron chi connectivity index (χ1n) is 9.59. The Labute approximate surface area is 166 Å². The highest BCUT2D eigenvalue weighted by atomic mass is 19.1. The van der Waals surface area contributed by atoms with Crippen LogP contribution < -0.4 is 10.6 Å². The fourth-order valence-corrected chi connectivity index (χ4v) is 3.26. The van der Waals surface area contributed by atoms with Crippen LogP contribution in [0, 0.1) is 12.7 Å². The summed E-state index contributed by atoms with van der Waals surface area (Å²) in [4.78, 5) is 13.9. The van der Waals surface area contributed by atoms with Crippen molar-refractivity contribution in [3.8, 4) is 0 Å². The van der Waals surface area contributed by atoms with E-state index in [0.29, 0.717) is 29.2 Å².